The number of hydrogen-bond acceptors (Lipinski definition) is 3. The summed E-state index contributed by atoms with van der Waals surface area (Å²) in [5.41, 5.74) is 7.54. The SMILES string of the molecule is NC1(CN2CCOc3ccccc3C2)CC1. The van der Waals surface area contributed by atoms with Crippen LogP contribution in [-0.2, 0) is 6.54 Å². The molecule has 0 radical (unpaired) electrons. The molecule has 1 heterocycles. The predicted octanol–water partition coefficient (Wildman–Crippen LogP) is 1.37. The number of rotatable bonds is 2. The largest absolute Gasteiger partial charge is 0.492 e. The molecule has 3 rings (SSSR count). The van der Waals surface area contributed by atoms with Gasteiger partial charge in [-0.15, -0.1) is 0 Å². The van der Waals surface area contributed by atoms with E-state index in [1.54, 1.807) is 0 Å². The molecular formula is C13H18N2O. The van der Waals surface area contributed by atoms with Crippen LogP contribution in [0.5, 0.6) is 5.75 Å². The van der Waals surface area contributed by atoms with E-state index in [1.807, 2.05) is 12.1 Å². The standard InChI is InChI=1S/C13H18N2O/c14-13(5-6-13)10-15-7-8-16-12-4-2-1-3-11(12)9-15/h1-4H,5-10,14H2. The van der Waals surface area contributed by atoms with Crippen molar-refractivity contribution in [2.75, 3.05) is 19.7 Å². The highest BCUT2D eigenvalue weighted by molar-refractivity contribution is 5.33. The van der Waals surface area contributed by atoms with Crippen molar-refractivity contribution < 1.29 is 4.74 Å². The lowest BCUT2D eigenvalue weighted by atomic mass is 10.2. The highest BCUT2D eigenvalue weighted by atomic mass is 16.5. The molecular weight excluding hydrogens is 200 g/mol. The minimum Gasteiger partial charge on any atom is -0.492 e. The van der Waals surface area contributed by atoms with E-state index in [4.69, 9.17) is 10.5 Å². The van der Waals surface area contributed by atoms with Gasteiger partial charge in [0.05, 0.1) is 0 Å². The van der Waals surface area contributed by atoms with Gasteiger partial charge in [0.2, 0.25) is 0 Å². The summed E-state index contributed by atoms with van der Waals surface area (Å²) in [5, 5.41) is 0. The van der Waals surface area contributed by atoms with Crippen molar-refractivity contribution in [2.45, 2.75) is 24.9 Å². The third-order valence-corrected chi connectivity index (χ3v) is 3.46. The average Bonchev–Trinajstić information content (AvgIpc) is 3.01. The van der Waals surface area contributed by atoms with Crippen LogP contribution in [0.15, 0.2) is 24.3 Å². The van der Waals surface area contributed by atoms with Gasteiger partial charge < -0.3 is 10.5 Å². The van der Waals surface area contributed by atoms with Crippen molar-refractivity contribution in [3.8, 4) is 5.75 Å². The zero-order valence-electron chi connectivity index (χ0n) is 9.48. The zero-order chi connectivity index (χ0) is 11.0. The van der Waals surface area contributed by atoms with Gasteiger partial charge in [-0.05, 0) is 18.9 Å². The summed E-state index contributed by atoms with van der Waals surface area (Å²) in [6.07, 6.45) is 2.35. The fourth-order valence-corrected chi connectivity index (χ4v) is 2.28. The van der Waals surface area contributed by atoms with E-state index in [0.29, 0.717) is 0 Å². The smallest absolute Gasteiger partial charge is 0.123 e. The van der Waals surface area contributed by atoms with E-state index in [-0.39, 0.29) is 5.54 Å². The molecule has 0 atom stereocenters. The molecule has 1 aliphatic heterocycles. The molecule has 3 heteroatoms. The number of hydrogen-bond donors (Lipinski definition) is 1. The molecule has 1 aromatic rings. The summed E-state index contributed by atoms with van der Waals surface area (Å²) in [7, 11) is 0. The molecule has 86 valence electrons. The lowest BCUT2D eigenvalue weighted by Gasteiger charge is -2.22. The summed E-state index contributed by atoms with van der Waals surface area (Å²) in [6, 6.07) is 8.29. The molecule has 1 aliphatic carbocycles. The van der Waals surface area contributed by atoms with Gasteiger partial charge in [-0.25, -0.2) is 0 Å². The molecule has 1 saturated carbocycles. The molecule has 0 saturated heterocycles. The van der Waals surface area contributed by atoms with Crippen LogP contribution in [0.2, 0.25) is 0 Å². The van der Waals surface area contributed by atoms with Gasteiger partial charge in [0.25, 0.3) is 0 Å². The van der Waals surface area contributed by atoms with Crippen LogP contribution in [0.4, 0.5) is 0 Å². The summed E-state index contributed by atoms with van der Waals surface area (Å²) >= 11 is 0. The highest BCUT2D eigenvalue weighted by Gasteiger charge is 2.39. The molecule has 0 amide bonds. The summed E-state index contributed by atoms with van der Waals surface area (Å²) in [4.78, 5) is 2.42. The number of fused-ring (bicyclic) bond motifs is 1. The molecule has 1 aromatic carbocycles. The van der Waals surface area contributed by atoms with Crippen LogP contribution in [0.25, 0.3) is 0 Å². The summed E-state index contributed by atoms with van der Waals surface area (Å²) < 4.78 is 5.73. The topological polar surface area (TPSA) is 38.5 Å². The maximum Gasteiger partial charge on any atom is 0.123 e. The molecule has 0 unspecified atom stereocenters. The molecule has 2 N–H and O–H groups in total. The highest BCUT2D eigenvalue weighted by Crippen LogP contribution is 2.34. The molecule has 16 heavy (non-hydrogen) atoms. The minimum absolute atomic E-state index is 0.0965. The van der Waals surface area contributed by atoms with Crippen LogP contribution in [0.1, 0.15) is 18.4 Å². The summed E-state index contributed by atoms with van der Waals surface area (Å²) in [6.45, 7) is 3.72. The first-order valence-corrected chi connectivity index (χ1v) is 5.97. The summed E-state index contributed by atoms with van der Waals surface area (Å²) in [5.74, 6) is 1.03. The molecule has 0 spiro atoms. The maximum atomic E-state index is 6.17. The first-order chi connectivity index (χ1) is 7.75. The first kappa shape index (κ1) is 10.1. The van der Waals surface area contributed by atoms with Gasteiger partial charge in [-0.1, -0.05) is 18.2 Å². The second-order valence-electron chi connectivity index (χ2n) is 5.03. The lowest BCUT2D eigenvalue weighted by molar-refractivity contribution is 0.211. The van der Waals surface area contributed by atoms with Crippen molar-refractivity contribution in [1.82, 2.24) is 4.90 Å². The van der Waals surface area contributed by atoms with Crippen molar-refractivity contribution in [1.29, 1.82) is 0 Å². The molecule has 0 bridgehead atoms. The normalized spacial score (nSPS) is 23.1. The van der Waals surface area contributed by atoms with Gasteiger partial charge in [0.1, 0.15) is 12.4 Å². The second-order valence-corrected chi connectivity index (χ2v) is 5.03. The van der Waals surface area contributed by atoms with E-state index in [9.17, 15) is 0 Å². The monoisotopic (exact) mass is 218 g/mol. The van der Waals surface area contributed by atoms with Crippen molar-refractivity contribution >= 4 is 0 Å². The van der Waals surface area contributed by atoms with E-state index in [0.717, 1.165) is 32.0 Å². The number of nitrogens with zero attached hydrogens (tertiary/aromatic N) is 1. The molecule has 2 aliphatic rings. The number of nitrogens with two attached hydrogens (primary N) is 1. The fourth-order valence-electron chi connectivity index (χ4n) is 2.28. The van der Waals surface area contributed by atoms with Crippen LogP contribution in [-0.4, -0.2) is 30.1 Å². The number of para-hydroxylation sites is 1. The number of benzene rings is 1. The quantitative estimate of drug-likeness (QED) is 0.815. The van der Waals surface area contributed by atoms with E-state index in [1.165, 1.54) is 18.4 Å². The van der Waals surface area contributed by atoms with Crippen molar-refractivity contribution in [3.05, 3.63) is 29.8 Å². The van der Waals surface area contributed by atoms with Gasteiger partial charge in [-0.3, -0.25) is 4.90 Å². The Balaban J connectivity index is 1.74. The van der Waals surface area contributed by atoms with Gasteiger partial charge in [-0.2, -0.15) is 0 Å². The van der Waals surface area contributed by atoms with Crippen LogP contribution < -0.4 is 10.5 Å². The van der Waals surface area contributed by atoms with Crippen LogP contribution >= 0.6 is 0 Å². The third-order valence-electron chi connectivity index (χ3n) is 3.46. The third kappa shape index (κ3) is 2.06. The van der Waals surface area contributed by atoms with Gasteiger partial charge in [0, 0.05) is 30.7 Å². The number of ether oxygens (including phenoxy) is 1. The molecule has 3 nitrogen and oxygen atoms in total. The Morgan fingerprint density at radius 2 is 2.12 bits per heavy atom. The van der Waals surface area contributed by atoms with E-state index >= 15 is 0 Å². The Bertz CT molecular complexity index is 387. The molecule has 1 fully saturated rings. The van der Waals surface area contributed by atoms with Gasteiger partial charge >= 0.3 is 0 Å². The van der Waals surface area contributed by atoms with Crippen molar-refractivity contribution in [3.63, 3.8) is 0 Å². The Morgan fingerprint density at radius 1 is 1.31 bits per heavy atom. The average molecular weight is 218 g/mol. The van der Waals surface area contributed by atoms with Crippen molar-refractivity contribution in [2.24, 2.45) is 5.73 Å². The van der Waals surface area contributed by atoms with Gasteiger partial charge in [0.15, 0.2) is 0 Å². The molecule has 0 aromatic heterocycles. The Morgan fingerprint density at radius 3 is 2.94 bits per heavy atom. The van der Waals surface area contributed by atoms with E-state index < -0.39 is 0 Å². The minimum atomic E-state index is 0.0965. The predicted molar refractivity (Wildman–Crippen MR) is 63.4 cm³/mol. The van der Waals surface area contributed by atoms with Crippen LogP contribution in [0, 0.1) is 0 Å². The van der Waals surface area contributed by atoms with Crippen LogP contribution in [0.3, 0.4) is 0 Å². The Hall–Kier alpha value is -1.06. The fraction of sp³-hybridized carbons (Fsp3) is 0.538. The van der Waals surface area contributed by atoms with E-state index in [2.05, 4.69) is 17.0 Å². The zero-order valence-corrected chi connectivity index (χ0v) is 9.48. The maximum absolute atomic E-state index is 6.17. The first-order valence-electron chi connectivity index (χ1n) is 5.97. The Kier molecular flexibility index (Phi) is 2.37. The Labute approximate surface area is 96.2 Å². The second kappa shape index (κ2) is 3.75. The lowest BCUT2D eigenvalue weighted by Crippen LogP contribution is -2.39.